The minimum absolute atomic E-state index is 0.139. The third kappa shape index (κ3) is 4.38. The third-order valence-corrected chi connectivity index (χ3v) is 7.48. The average Bonchev–Trinajstić information content (AvgIpc) is 3.33. The van der Waals surface area contributed by atoms with Gasteiger partial charge in [0, 0.05) is 32.0 Å². The molecule has 0 aliphatic heterocycles. The monoisotopic (exact) mass is 399 g/mol. The van der Waals surface area contributed by atoms with Crippen molar-refractivity contribution in [2.75, 3.05) is 13.6 Å². The van der Waals surface area contributed by atoms with Gasteiger partial charge in [-0.3, -0.25) is 9.78 Å². The van der Waals surface area contributed by atoms with Crippen LogP contribution in [0, 0.1) is 0 Å². The van der Waals surface area contributed by atoms with Gasteiger partial charge in [0.05, 0.1) is 10.9 Å². The summed E-state index contributed by atoms with van der Waals surface area (Å²) in [4.78, 5) is 18.4. The Morgan fingerprint density at radius 1 is 1.28 bits per heavy atom. The summed E-state index contributed by atoms with van der Waals surface area (Å²) < 4.78 is 26.7. The second kappa shape index (κ2) is 7.41. The van der Waals surface area contributed by atoms with Gasteiger partial charge in [0.15, 0.2) is 0 Å². The van der Waals surface area contributed by atoms with Crippen LogP contribution in [0.5, 0.6) is 0 Å². The molecule has 1 aliphatic carbocycles. The first-order valence-corrected chi connectivity index (χ1v) is 10.4. The van der Waals surface area contributed by atoms with Gasteiger partial charge in [-0.15, -0.1) is 11.3 Å². The average molecular weight is 400 g/mol. The number of halogens is 1. The van der Waals surface area contributed by atoms with E-state index in [0.29, 0.717) is 10.9 Å². The van der Waals surface area contributed by atoms with Crippen LogP contribution in [0.2, 0.25) is 4.34 Å². The highest BCUT2D eigenvalue weighted by atomic mass is 35.5. The molecule has 2 aromatic heterocycles. The molecule has 1 fully saturated rings. The normalized spacial score (nSPS) is 14.7. The molecule has 1 saturated carbocycles. The zero-order valence-electron chi connectivity index (χ0n) is 13.6. The van der Waals surface area contributed by atoms with E-state index in [0.717, 1.165) is 34.0 Å². The topological polar surface area (TPSA) is 70.6 Å². The summed E-state index contributed by atoms with van der Waals surface area (Å²) in [6.45, 7) is 0.268. The zero-order valence-corrected chi connectivity index (χ0v) is 16.0. The number of carbonyl (C=O) groups excluding carboxylic acids is 1. The summed E-state index contributed by atoms with van der Waals surface area (Å²) in [5.74, 6) is -0.201. The van der Waals surface area contributed by atoms with E-state index in [9.17, 15) is 13.2 Å². The molecule has 6 nitrogen and oxygen atoms in total. The third-order valence-electron chi connectivity index (χ3n) is 3.98. The van der Waals surface area contributed by atoms with Gasteiger partial charge in [-0.05, 0) is 42.7 Å². The molecule has 0 unspecified atom stereocenters. The zero-order chi connectivity index (χ0) is 18.0. The number of aromatic nitrogens is 1. The molecule has 25 heavy (non-hydrogen) atoms. The van der Waals surface area contributed by atoms with Crippen LogP contribution in [0.3, 0.4) is 0 Å². The van der Waals surface area contributed by atoms with Crippen molar-refractivity contribution in [3.05, 3.63) is 46.6 Å². The molecule has 0 atom stereocenters. The molecular formula is C16H18ClN3O3S2. The SMILES string of the molecule is CN(CC(=O)N(Cc1ccncc1)C1CC1)S(=O)(=O)c1ccc(Cl)s1. The molecule has 2 aromatic rings. The van der Waals surface area contributed by atoms with Crippen molar-refractivity contribution in [3.8, 4) is 0 Å². The largest absolute Gasteiger partial charge is 0.334 e. The first kappa shape index (κ1) is 18.3. The lowest BCUT2D eigenvalue weighted by atomic mass is 10.2. The van der Waals surface area contributed by atoms with Crippen molar-refractivity contribution < 1.29 is 13.2 Å². The first-order valence-electron chi connectivity index (χ1n) is 7.78. The summed E-state index contributed by atoms with van der Waals surface area (Å²) in [7, 11) is -2.30. The number of rotatable bonds is 7. The van der Waals surface area contributed by atoms with Gasteiger partial charge in [0.2, 0.25) is 5.91 Å². The van der Waals surface area contributed by atoms with Gasteiger partial charge >= 0.3 is 0 Å². The van der Waals surface area contributed by atoms with Crippen LogP contribution in [-0.2, 0) is 21.4 Å². The number of sulfonamides is 1. The minimum Gasteiger partial charge on any atom is -0.334 e. The highest BCUT2D eigenvalue weighted by molar-refractivity contribution is 7.91. The van der Waals surface area contributed by atoms with E-state index in [1.807, 2.05) is 12.1 Å². The summed E-state index contributed by atoms with van der Waals surface area (Å²) in [6, 6.07) is 6.90. The Morgan fingerprint density at radius 2 is 1.96 bits per heavy atom. The van der Waals surface area contributed by atoms with Crippen LogP contribution >= 0.6 is 22.9 Å². The molecule has 1 aliphatic rings. The Balaban J connectivity index is 1.70. The molecule has 0 N–H and O–H groups in total. The van der Waals surface area contributed by atoms with Crippen molar-refractivity contribution in [1.29, 1.82) is 0 Å². The van der Waals surface area contributed by atoms with E-state index in [4.69, 9.17) is 11.6 Å². The number of carbonyl (C=O) groups is 1. The highest BCUT2D eigenvalue weighted by Gasteiger charge is 2.34. The van der Waals surface area contributed by atoms with E-state index in [2.05, 4.69) is 4.98 Å². The van der Waals surface area contributed by atoms with Gasteiger partial charge < -0.3 is 4.90 Å². The van der Waals surface area contributed by atoms with E-state index in [-0.39, 0.29) is 22.7 Å². The Bertz CT molecular complexity index is 851. The van der Waals surface area contributed by atoms with Crippen molar-refractivity contribution in [3.63, 3.8) is 0 Å². The molecule has 0 saturated heterocycles. The molecule has 2 heterocycles. The molecule has 0 bridgehead atoms. The Morgan fingerprint density at radius 3 is 2.52 bits per heavy atom. The van der Waals surface area contributed by atoms with Crippen molar-refractivity contribution in [2.24, 2.45) is 0 Å². The smallest absolute Gasteiger partial charge is 0.252 e. The maximum absolute atomic E-state index is 12.7. The lowest BCUT2D eigenvalue weighted by Gasteiger charge is -2.25. The van der Waals surface area contributed by atoms with Crippen LogP contribution < -0.4 is 0 Å². The summed E-state index contributed by atoms with van der Waals surface area (Å²) >= 11 is 6.81. The van der Waals surface area contributed by atoms with Gasteiger partial charge in [-0.2, -0.15) is 4.31 Å². The maximum Gasteiger partial charge on any atom is 0.252 e. The van der Waals surface area contributed by atoms with Gasteiger partial charge in [-0.25, -0.2) is 8.42 Å². The molecule has 0 radical (unpaired) electrons. The molecule has 134 valence electrons. The van der Waals surface area contributed by atoms with Crippen LogP contribution in [0.1, 0.15) is 18.4 Å². The number of nitrogens with zero attached hydrogens (tertiary/aromatic N) is 3. The number of amides is 1. The maximum atomic E-state index is 12.7. The van der Waals surface area contributed by atoms with Gasteiger partial charge in [0.25, 0.3) is 10.0 Å². The second-order valence-electron chi connectivity index (χ2n) is 5.93. The number of likely N-dealkylation sites (N-methyl/N-ethyl adjacent to an activating group) is 1. The number of hydrogen-bond acceptors (Lipinski definition) is 5. The van der Waals surface area contributed by atoms with E-state index in [1.54, 1.807) is 17.3 Å². The van der Waals surface area contributed by atoms with E-state index < -0.39 is 10.0 Å². The predicted molar refractivity (Wildman–Crippen MR) is 97.0 cm³/mol. The fourth-order valence-corrected chi connectivity index (χ4v) is 5.26. The number of thiophene rings is 1. The second-order valence-corrected chi connectivity index (χ2v) is 9.91. The fraction of sp³-hybridized carbons (Fsp3) is 0.375. The van der Waals surface area contributed by atoms with Crippen LogP contribution in [0.25, 0.3) is 0 Å². The van der Waals surface area contributed by atoms with Crippen molar-refractivity contribution in [1.82, 2.24) is 14.2 Å². The van der Waals surface area contributed by atoms with Crippen molar-refractivity contribution >= 4 is 38.9 Å². The van der Waals surface area contributed by atoms with Gasteiger partial charge in [-0.1, -0.05) is 11.6 Å². The summed E-state index contributed by atoms with van der Waals surface area (Å²) in [6.07, 6.45) is 5.27. The Kier molecular flexibility index (Phi) is 5.43. The quantitative estimate of drug-likeness (QED) is 0.717. The van der Waals surface area contributed by atoms with Crippen LogP contribution in [0.4, 0.5) is 0 Å². The molecule has 0 spiro atoms. The van der Waals surface area contributed by atoms with E-state index in [1.165, 1.54) is 19.2 Å². The molecule has 0 aromatic carbocycles. The minimum atomic E-state index is -3.71. The molecule has 3 rings (SSSR count). The first-order chi connectivity index (χ1) is 11.9. The molecule has 9 heteroatoms. The summed E-state index contributed by atoms with van der Waals surface area (Å²) in [5.41, 5.74) is 0.978. The lowest BCUT2D eigenvalue weighted by molar-refractivity contribution is -0.132. The van der Waals surface area contributed by atoms with E-state index >= 15 is 0 Å². The number of hydrogen-bond donors (Lipinski definition) is 0. The molecular weight excluding hydrogens is 382 g/mol. The van der Waals surface area contributed by atoms with Crippen LogP contribution in [-0.4, -0.2) is 48.1 Å². The predicted octanol–water partition coefficient (Wildman–Crippen LogP) is 2.61. The Hall–Kier alpha value is -1.48. The van der Waals surface area contributed by atoms with Crippen molar-refractivity contribution in [2.45, 2.75) is 29.6 Å². The summed E-state index contributed by atoms with van der Waals surface area (Å²) in [5, 5.41) is 0. The van der Waals surface area contributed by atoms with Crippen LogP contribution in [0.15, 0.2) is 40.9 Å². The highest BCUT2D eigenvalue weighted by Crippen LogP contribution is 2.30. The lowest BCUT2D eigenvalue weighted by Crippen LogP contribution is -2.41. The standard InChI is InChI=1S/C16H18ClN3O3S2/c1-19(25(22,23)16-5-4-14(17)24-16)11-15(21)20(13-2-3-13)10-12-6-8-18-9-7-12/h4-9,13H,2-3,10-11H2,1H3. The Labute approximate surface area is 156 Å². The fourth-order valence-electron chi connectivity index (χ4n) is 2.45. The number of pyridine rings is 1. The van der Waals surface area contributed by atoms with Gasteiger partial charge in [0.1, 0.15) is 4.21 Å². The molecule has 1 amide bonds.